The zero-order valence-electron chi connectivity index (χ0n) is 3.81. The van der Waals surface area contributed by atoms with Crippen LogP contribution in [-0.4, -0.2) is 6.54 Å². The van der Waals surface area contributed by atoms with Crippen molar-refractivity contribution in [3.05, 3.63) is 23.6 Å². The molecule has 0 amide bonds. The molecule has 0 aromatic heterocycles. The molecule has 0 spiro atoms. The Hall–Kier alpha value is -0.770. The van der Waals surface area contributed by atoms with Gasteiger partial charge in [0.15, 0.2) is 0 Å². The van der Waals surface area contributed by atoms with Gasteiger partial charge >= 0.3 is 0 Å². The summed E-state index contributed by atoms with van der Waals surface area (Å²) in [6, 6.07) is 0. The summed E-state index contributed by atoms with van der Waals surface area (Å²) >= 11 is 0. The predicted octanol–water partition coefficient (Wildman–Crippen LogP) is 1.48. The SMILES string of the molecule is [C-]#[N+]CC=CC. The van der Waals surface area contributed by atoms with Gasteiger partial charge in [0, 0.05) is 0 Å². The zero-order chi connectivity index (χ0) is 4.83. The summed E-state index contributed by atoms with van der Waals surface area (Å²) in [6.07, 6.45) is 3.70. The molecule has 6 heavy (non-hydrogen) atoms. The van der Waals surface area contributed by atoms with E-state index < -0.39 is 0 Å². The van der Waals surface area contributed by atoms with Gasteiger partial charge in [-0.25, -0.2) is 6.57 Å². The molecule has 1 nitrogen and oxygen atoms in total. The lowest BCUT2D eigenvalue weighted by molar-refractivity contribution is 1.50. The number of rotatable bonds is 1. The van der Waals surface area contributed by atoms with Gasteiger partial charge in [0.05, 0.1) is 0 Å². The highest BCUT2D eigenvalue weighted by molar-refractivity contribution is 4.84. The number of nitrogens with zero attached hydrogens (tertiary/aromatic N) is 1. The fourth-order valence-corrected chi connectivity index (χ4v) is 0.158. The van der Waals surface area contributed by atoms with E-state index in [1.807, 2.05) is 19.1 Å². The third-order valence-corrected chi connectivity index (χ3v) is 0.432. The van der Waals surface area contributed by atoms with E-state index in [-0.39, 0.29) is 0 Å². The van der Waals surface area contributed by atoms with Crippen LogP contribution < -0.4 is 0 Å². The van der Waals surface area contributed by atoms with Crippen LogP contribution >= 0.6 is 0 Å². The maximum atomic E-state index is 6.28. The van der Waals surface area contributed by atoms with Crippen LogP contribution in [0.2, 0.25) is 0 Å². The van der Waals surface area contributed by atoms with E-state index in [0.29, 0.717) is 6.54 Å². The molecule has 1 heteroatoms. The first-order chi connectivity index (χ1) is 2.91. The molecule has 0 aromatic carbocycles. The van der Waals surface area contributed by atoms with Crippen molar-refractivity contribution in [3.8, 4) is 0 Å². The fourth-order valence-electron chi connectivity index (χ4n) is 0.158. The van der Waals surface area contributed by atoms with Gasteiger partial charge in [-0.1, -0.05) is 6.08 Å². The molecule has 0 atom stereocenters. The molecular weight excluding hydrogens is 74.1 g/mol. The van der Waals surface area contributed by atoms with Gasteiger partial charge in [-0.2, -0.15) is 0 Å². The Bertz CT molecular complexity index is 76.4. The highest BCUT2D eigenvalue weighted by Gasteiger charge is 1.64. The number of hydrogen-bond acceptors (Lipinski definition) is 0. The molecule has 0 saturated carbocycles. The molecule has 32 valence electrons. The van der Waals surface area contributed by atoms with E-state index in [9.17, 15) is 0 Å². The first-order valence-electron chi connectivity index (χ1n) is 1.86. The van der Waals surface area contributed by atoms with E-state index in [1.165, 1.54) is 0 Å². The Kier molecular flexibility index (Phi) is 3.69. The third-order valence-electron chi connectivity index (χ3n) is 0.432. The minimum absolute atomic E-state index is 0.524. The zero-order valence-corrected chi connectivity index (χ0v) is 3.81. The van der Waals surface area contributed by atoms with Gasteiger partial charge in [-0.05, 0) is 13.0 Å². The molecule has 0 rings (SSSR count). The minimum Gasteiger partial charge on any atom is -0.312 e. The maximum absolute atomic E-state index is 6.28. The largest absolute Gasteiger partial charge is 0.312 e. The number of allylic oxidation sites excluding steroid dienone is 1. The molecule has 0 aliphatic rings. The maximum Gasteiger partial charge on any atom is 0.232 e. The summed E-state index contributed by atoms with van der Waals surface area (Å²) in [5, 5.41) is 0. The van der Waals surface area contributed by atoms with Crippen LogP contribution in [0.3, 0.4) is 0 Å². The van der Waals surface area contributed by atoms with Crippen LogP contribution in [0.5, 0.6) is 0 Å². The van der Waals surface area contributed by atoms with E-state index in [0.717, 1.165) is 0 Å². The Morgan fingerprint density at radius 3 is 2.67 bits per heavy atom. The van der Waals surface area contributed by atoms with Gasteiger partial charge in [-0.3, -0.25) is 0 Å². The predicted molar refractivity (Wildman–Crippen MR) is 26.3 cm³/mol. The molecule has 0 aliphatic carbocycles. The topological polar surface area (TPSA) is 4.36 Å². The van der Waals surface area contributed by atoms with Crippen LogP contribution in [0.4, 0.5) is 0 Å². The minimum atomic E-state index is 0.524. The summed E-state index contributed by atoms with van der Waals surface area (Å²) in [5.74, 6) is 0. The first-order valence-corrected chi connectivity index (χ1v) is 1.86. The van der Waals surface area contributed by atoms with E-state index in [4.69, 9.17) is 6.57 Å². The summed E-state index contributed by atoms with van der Waals surface area (Å²) in [6.45, 7) is 8.71. The van der Waals surface area contributed by atoms with Crippen molar-refractivity contribution in [2.24, 2.45) is 0 Å². The van der Waals surface area contributed by atoms with Crippen molar-refractivity contribution in [3.63, 3.8) is 0 Å². The van der Waals surface area contributed by atoms with Gasteiger partial charge in [0.1, 0.15) is 0 Å². The molecule has 0 aliphatic heterocycles. The van der Waals surface area contributed by atoms with Crippen molar-refractivity contribution >= 4 is 0 Å². The van der Waals surface area contributed by atoms with E-state index >= 15 is 0 Å². The molecule has 0 heterocycles. The molecule has 0 fully saturated rings. The Morgan fingerprint density at radius 2 is 2.50 bits per heavy atom. The standard InChI is InChI=1S/C5H7N/c1-3-4-5-6-2/h3-4H,5H2,1H3. The molecule has 0 saturated heterocycles. The van der Waals surface area contributed by atoms with Crippen LogP contribution in [0.1, 0.15) is 6.92 Å². The number of hydrogen-bond donors (Lipinski definition) is 0. The first kappa shape index (κ1) is 5.23. The highest BCUT2D eigenvalue weighted by atomic mass is 14.6. The van der Waals surface area contributed by atoms with Gasteiger partial charge in [0.2, 0.25) is 6.54 Å². The van der Waals surface area contributed by atoms with Crippen molar-refractivity contribution in [2.75, 3.05) is 6.54 Å². The Balaban J connectivity index is 2.92. The monoisotopic (exact) mass is 81.1 g/mol. The van der Waals surface area contributed by atoms with Gasteiger partial charge < -0.3 is 4.85 Å². The van der Waals surface area contributed by atoms with Crippen molar-refractivity contribution in [1.82, 2.24) is 0 Å². The van der Waals surface area contributed by atoms with Crippen molar-refractivity contribution in [2.45, 2.75) is 6.92 Å². The van der Waals surface area contributed by atoms with Crippen molar-refractivity contribution < 1.29 is 0 Å². The quantitative estimate of drug-likeness (QED) is 0.332. The smallest absolute Gasteiger partial charge is 0.232 e. The van der Waals surface area contributed by atoms with E-state index in [2.05, 4.69) is 4.85 Å². The average molecular weight is 81.1 g/mol. The lowest BCUT2D eigenvalue weighted by Crippen LogP contribution is -1.58. The molecule has 0 unspecified atom stereocenters. The summed E-state index contributed by atoms with van der Waals surface area (Å²) in [4.78, 5) is 3.09. The summed E-state index contributed by atoms with van der Waals surface area (Å²) < 4.78 is 0. The van der Waals surface area contributed by atoms with Crippen LogP contribution in [0, 0.1) is 6.57 Å². The second kappa shape index (κ2) is 4.23. The normalized spacial score (nSPS) is 8.67. The van der Waals surface area contributed by atoms with Gasteiger partial charge in [0.25, 0.3) is 0 Å². The third kappa shape index (κ3) is 3.23. The molecule has 0 N–H and O–H groups in total. The molecular formula is C5H7N. The van der Waals surface area contributed by atoms with Crippen molar-refractivity contribution in [1.29, 1.82) is 0 Å². The summed E-state index contributed by atoms with van der Waals surface area (Å²) in [5.41, 5.74) is 0. The second-order valence-electron chi connectivity index (χ2n) is 0.910. The molecule has 0 bridgehead atoms. The highest BCUT2D eigenvalue weighted by Crippen LogP contribution is 1.69. The van der Waals surface area contributed by atoms with E-state index in [1.54, 1.807) is 0 Å². The lowest BCUT2D eigenvalue weighted by atomic mass is 10.5. The fraction of sp³-hybridized carbons (Fsp3) is 0.400. The Morgan fingerprint density at radius 1 is 1.83 bits per heavy atom. The lowest BCUT2D eigenvalue weighted by Gasteiger charge is -1.63. The van der Waals surface area contributed by atoms with Gasteiger partial charge in [-0.15, -0.1) is 0 Å². The molecule has 0 radical (unpaired) electrons. The van der Waals surface area contributed by atoms with Crippen LogP contribution in [0.15, 0.2) is 12.2 Å². The second-order valence-corrected chi connectivity index (χ2v) is 0.910. The summed E-state index contributed by atoms with van der Waals surface area (Å²) in [7, 11) is 0. The van der Waals surface area contributed by atoms with Crippen LogP contribution in [-0.2, 0) is 0 Å². The Labute approximate surface area is 38.1 Å². The molecule has 0 aromatic rings. The van der Waals surface area contributed by atoms with Crippen LogP contribution in [0.25, 0.3) is 4.85 Å². The average Bonchev–Trinajstić information content (AvgIpc) is 1.61.